The van der Waals surface area contributed by atoms with Gasteiger partial charge >= 0.3 is 5.97 Å². The number of amides is 2. The minimum atomic E-state index is -0.471. The van der Waals surface area contributed by atoms with Crippen molar-refractivity contribution in [2.45, 2.75) is 18.4 Å². The fourth-order valence-electron chi connectivity index (χ4n) is 4.80. The van der Waals surface area contributed by atoms with Gasteiger partial charge in [0, 0.05) is 10.5 Å². The number of quaternary nitrogens is 1. The molecule has 0 atom stereocenters. The Morgan fingerprint density at radius 3 is 2.18 bits per heavy atom. The molecule has 0 spiro atoms. The first-order valence-corrected chi connectivity index (χ1v) is 13.4. The van der Waals surface area contributed by atoms with E-state index in [1.165, 1.54) is 34.2 Å². The lowest BCUT2D eigenvalue weighted by Crippen LogP contribution is -3.13. The highest BCUT2D eigenvalue weighted by Crippen LogP contribution is 2.38. The molecule has 1 saturated heterocycles. The summed E-state index contributed by atoms with van der Waals surface area (Å²) in [6.45, 7) is 6.06. The van der Waals surface area contributed by atoms with Crippen LogP contribution in [0.3, 0.4) is 0 Å². The second kappa shape index (κ2) is 11.2. The summed E-state index contributed by atoms with van der Waals surface area (Å²) in [4.78, 5) is 45.5. The third-order valence-electron chi connectivity index (χ3n) is 6.89. The molecule has 8 heteroatoms. The number of hydrogen-bond donors (Lipinski definition) is 1. The van der Waals surface area contributed by atoms with Crippen molar-refractivity contribution in [3.8, 4) is 0 Å². The van der Waals surface area contributed by atoms with Gasteiger partial charge in [-0.1, -0.05) is 59.8 Å². The number of rotatable bonds is 7. The van der Waals surface area contributed by atoms with Crippen molar-refractivity contribution in [3.05, 3.63) is 106 Å². The van der Waals surface area contributed by atoms with Gasteiger partial charge in [-0.25, -0.2) is 9.69 Å². The van der Waals surface area contributed by atoms with Gasteiger partial charge in [0.2, 0.25) is 0 Å². The van der Waals surface area contributed by atoms with Gasteiger partial charge < -0.3 is 14.5 Å². The highest BCUT2D eigenvalue weighted by atomic mass is 32.2. The Morgan fingerprint density at radius 2 is 1.55 bits per heavy atom. The number of thioether (sulfide) groups is 1. The first kappa shape index (κ1) is 25.8. The number of benzene rings is 3. The van der Waals surface area contributed by atoms with Crippen molar-refractivity contribution in [3.63, 3.8) is 0 Å². The van der Waals surface area contributed by atoms with E-state index in [0.717, 1.165) is 30.1 Å². The summed E-state index contributed by atoms with van der Waals surface area (Å²) in [5.74, 6) is -1.15. The van der Waals surface area contributed by atoms with Crippen LogP contribution in [0.2, 0.25) is 0 Å². The van der Waals surface area contributed by atoms with Crippen molar-refractivity contribution >= 4 is 35.2 Å². The van der Waals surface area contributed by atoms with Crippen LogP contribution >= 0.6 is 11.8 Å². The van der Waals surface area contributed by atoms with Crippen LogP contribution in [0.15, 0.2) is 94.4 Å². The monoisotopic (exact) mass is 528 g/mol. The van der Waals surface area contributed by atoms with Gasteiger partial charge in [0.15, 0.2) is 0 Å². The van der Waals surface area contributed by atoms with Gasteiger partial charge in [0.1, 0.15) is 17.1 Å². The molecule has 7 nitrogen and oxygen atoms in total. The lowest BCUT2D eigenvalue weighted by atomic mass is 10.2. The Bertz CT molecular complexity index is 1360. The maximum absolute atomic E-state index is 13.8. The number of aryl methyl sites for hydroxylation is 1. The zero-order chi connectivity index (χ0) is 26.6. The highest BCUT2D eigenvalue weighted by molar-refractivity contribution is 8.04. The molecule has 2 aliphatic rings. The molecule has 1 fully saturated rings. The first-order valence-electron chi connectivity index (χ1n) is 12.6. The van der Waals surface area contributed by atoms with Crippen LogP contribution in [0, 0.1) is 6.92 Å². The molecule has 3 aromatic carbocycles. The van der Waals surface area contributed by atoms with Crippen LogP contribution in [0.5, 0.6) is 0 Å². The molecule has 2 amide bonds. The SMILES string of the molecule is COC(=O)c1ccc(N2C(=O)C(Sc3ccc(C)cc3)=C(N3CC[NH+](Cc4ccccc4)CC3)C2=O)cc1. The van der Waals surface area contributed by atoms with Crippen molar-refractivity contribution in [2.24, 2.45) is 0 Å². The van der Waals surface area contributed by atoms with Gasteiger partial charge in [-0.3, -0.25) is 9.59 Å². The lowest BCUT2D eigenvalue weighted by molar-refractivity contribution is -0.917. The number of nitrogens with one attached hydrogen (secondary N) is 1. The van der Waals surface area contributed by atoms with Crippen LogP contribution in [-0.2, 0) is 20.9 Å². The Labute approximate surface area is 226 Å². The number of methoxy groups -OCH3 is 1. The molecule has 3 aromatic rings. The average Bonchev–Trinajstić information content (AvgIpc) is 3.19. The third kappa shape index (κ3) is 5.37. The van der Waals surface area contributed by atoms with E-state index in [4.69, 9.17) is 4.74 Å². The second-order valence-electron chi connectivity index (χ2n) is 9.48. The maximum atomic E-state index is 13.8. The third-order valence-corrected chi connectivity index (χ3v) is 7.97. The van der Waals surface area contributed by atoms with Crippen LogP contribution in [0.25, 0.3) is 0 Å². The summed E-state index contributed by atoms with van der Waals surface area (Å²) in [5, 5.41) is 0. The molecule has 1 N–H and O–H groups in total. The first-order chi connectivity index (χ1) is 18.4. The molecule has 0 aliphatic carbocycles. The van der Waals surface area contributed by atoms with Crippen LogP contribution in [0.4, 0.5) is 5.69 Å². The molecule has 0 radical (unpaired) electrons. The fraction of sp³-hybridized carbons (Fsp3) is 0.233. The fourth-order valence-corrected chi connectivity index (χ4v) is 5.80. The van der Waals surface area contributed by atoms with E-state index in [9.17, 15) is 14.4 Å². The van der Waals surface area contributed by atoms with Crippen molar-refractivity contribution in [1.29, 1.82) is 0 Å². The van der Waals surface area contributed by atoms with E-state index >= 15 is 0 Å². The summed E-state index contributed by atoms with van der Waals surface area (Å²) in [7, 11) is 1.32. The number of carbonyl (C=O) groups is 3. The summed E-state index contributed by atoms with van der Waals surface area (Å²) in [6.07, 6.45) is 0. The molecule has 38 heavy (non-hydrogen) atoms. The lowest BCUT2D eigenvalue weighted by Gasteiger charge is -2.34. The largest absolute Gasteiger partial charge is 0.465 e. The summed E-state index contributed by atoms with van der Waals surface area (Å²) < 4.78 is 4.77. The molecule has 0 bridgehead atoms. The van der Waals surface area contributed by atoms with Crippen molar-refractivity contribution in [2.75, 3.05) is 38.2 Å². The van der Waals surface area contributed by atoms with Crippen LogP contribution in [0.1, 0.15) is 21.5 Å². The van der Waals surface area contributed by atoms with Crippen molar-refractivity contribution < 1.29 is 24.0 Å². The summed E-state index contributed by atoms with van der Waals surface area (Å²) in [5.41, 5.74) is 3.66. The second-order valence-corrected chi connectivity index (χ2v) is 10.6. The minimum absolute atomic E-state index is 0.332. The number of carbonyl (C=O) groups excluding carboxylic acids is 3. The molecule has 0 unspecified atom stereocenters. The smallest absolute Gasteiger partial charge is 0.337 e. The molecular formula is C30H30N3O4S+. The Kier molecular flexibility index (Phi) is 7.62. The molecule has 0 saturated carbocycles. The van der Waals surface area contributed by atoms with Gasteiger partial charge in [0.25, 0.3) is 11.8 Å². The van der Waals surface area contributed by atoms with E-state index in [1.54, 1.807) is 24.3 Å². The number of hydrogen-bond acceptors (Lipinski definition) is 6. The number of ether oxygens (including phenoxy) is 1. The van der Waals surface area contributed by atoms with E-state index in [1.807, 2.05) is 37.3 Å². The number of imide groups is 1. The Morgan fingerprint density at radius 1 is 0.895 bits per heavy atom. The van der Waals surface area contributed by atoms with E-state index in [2.05, 4.69) is 29.2 Å². The topological polar surface area (TPSA) is 71.4 Å². The molecule has 2 aliphatic heterocycles. The molecule has 194 valence electrons. The number of anilines is 1. The predicted octanol–water partition coefficient (Wildman–Crippen LogP) is 3.06. The Balaban J connectivity index is 1.40. The normalized spacial score (nSPS) is 16.4. The highest BCUT2D eigenvalue weighted by Gasteiger charge is 2.43. The molecule has 5 rings (SSSR count). The summed E-state index contributed by atoms with van der Waals surface area (Å²) in [6, 6.07) is 24.7. The van der Waals surface area contributed by atoms with E-state index in [0.29, 0.717) is 34.9 Å². The molecule has 0 aromatic heterocycles. The van der Waals surface area contributed by atoms with Gasteiger partial charge in [-0.05, 0) is 43.3 Å². The van der Waals surface area contributed by atoms with E-state index < -0.39 is 5.97 Å². The van der Waals surface area contributed by atoms with Crippen molar-refractivity contribution in [1.82, 2.24) is 4.90 Å². The zero-order valence-corrected chi connectivity index (χ0v) is 22.3. The number of esters is 1. The van der Waals surface area contributed by atoms with Crippen LogP contribution < -0.4 is 9.80 Å². The average molecular weight is 529 g/mol. The number of nitrogens with zero attached hydrogens (tertiary/aromatic N) is 2. The maximum Gasteiger partial charge on any atom is 0.337 e. The minimum Gasteiger partial charge on any atom is -0.465 e. The predicted molar refractivity (Wildman–Crippen MR) is 147 cm³/mol. The van der Waals surface area contributed by atoms with Gasteiger partial charge in [-0.2, -0.15) is 0 Å². The van der Waals surface area contributed by atoms with Crippen LogP contribution in [-0.4, -0.2) is 56.0 Å². The van der Waals surface area contributed by atoms with Gasteiger partial charge in [-0.15, -0.1) is 0 Å². The van der Waals surface area contributed by atoms with E-state index in [-0.39, 0.29) is 11.8 Å². The molecular weight excluding hydrogens is 498 g/mol. The Hall–Kier alpha value is -3.88. The molecule has 2 heterocycles. The zero-order valence-electron chi connectivity index (χ0n) is 21.5. The quantitative estimate of drug-likeness (QED) is 0.376. The van der Waals surface area contributed by atoms with Gasteiger partial charge in [0.05, 0.1) is 44.5 Å². The summed E-state index contributed by atoms with van der Waals surface area (Å²) >= 11 is 1.33. The standard InChI is InChI=1S/C30H29N3O4S/c1-21-8-14-25(15-9-21)38-27-26(32-18-16-31(17-19-32)20-22-6-4-3-5-7-22)28(34)33(29(27)35)24-12-10-23(11-13-24)30(36)37-2/h3-15H,16-20H2,1-2H3/p+1. The number of piperazine rings is 1.